The molecule has 0 amide bonds. The fraction of sp³-hybridized carbons (Fsp3) is 0.533. The Balaban J connectivity index is 2.22. The zero-order chi connectivity index (χ0) is 13.7. The molecule has 0 bridgehead atoms. The maximum atomic E-state index is 5.99. The first-order valence-electron chi connectivity index (χ1n) is 7.01. The molecule has 2 rings (SSSR count). The Bertz CT molecular complexity index is 449. The number of benzene rings is 1. The van der Waals surface area contributed by atoms with E-state index >= 15 is 0 Å². The van der Waals surface area contributed by atoms with Crippen LogP contribution in [-0.4, -0.2) is 11.9 Å². The number of rotatable bonds is 2. The van der Waals surface area contributed by atoms with Gasteiger partial charge in [0.15, 0.2) is 0 Å². The van der Waals surface area contributed by atoms with Gasteiger partial charge < -0.3 is 5.43 Å². The summed E-state index contributed by atoms with van der Waals surface area (Å²) in [5.41, 5.74) is 4.89. The molecule has 1 aliphatic rings. The minimum atomic E-state index is 0.392. The summed E-state index contributed by atoms with van der Waals surface area (Å²) in [7, 11) is 0. The summed E-state index contributed by atoms with van der Waals surface area (Å²) in [5.74, 6) is 6.43. The van der Waals surface area contributed by atoms with Crippen LogP contribution in [0.2, 0.25) is 5.02 Å². The summed E-state index contributed by atoms with van der Waals surface area (Å²) < 4.78 is 0. The summed E-state index contributed by atoms with van der Waals surface area (Å²) in [6.45, 7) is 2.03. The molecule has 19 heavy (non-hydrogen) atoms. The van der Waals surface area contributed by atoms with Crippen molar-refractivity contribution in [3.05, 3.63) is 34.3 Å². The van der Waals surface area contributed by atoms with Crippen LogP contribution in [-0.2, 0) is 0 Å². The fourth-order valence-electron chi connectivity index (χ4n) is 2.65. The molecule has 0 atom stereocenters. The quantitative estimate of drug-likeness (QED) is 0.286. The van der Waals surface area contributed by atoms with Crippen LogP contribution in [0.15, 0.2) is 23.2 Å². The molecule has 3 N–H and O–H groups in total. The number of halogens is 1. The normalized spacial score (nSPS) is 18.2. The van der Waals surface area contributed by atoms with Gasteiger partial charge in [-0.3, -0.25) is 4.99 Å². The van der Waals surface area contributed by atoms with Crippen molar-refractivity contribution < 1.29 is 0 Å². The van der Waals surface area contributed by atoms with Crippen molar-refractivity contribution in [2.45, 2.75) is 51.5 Å². The Morgan fingerprint density at radius 1 is 1.26 bits per heavy atom. The van der Waals surface area contributed by atoms with Gasteiger partial charge in [-0.1, -0.05) is 37.3 Å². The summed E-state index contributed by atoms with van der Waals surface area (Å²) in [5, 5.41) is 0.743. The van der Waals surface area contributed by atoms with Gasteiger partial charge in [-0.05, 0) is 43.5 Å². The number of nitrogens with one attached hydrogen (secondary N) is 1. The van der Waals surface area contributed by atoms with Crippen molar-refractivity contribution in [2.75, 3.05) is 0 Å². The number of hydrogen-bond donors (Lipinski definition) is 2. The highest BCUT2D eigenvalue weighted by atomic mass is 35.5. The molecule has 4 heteroatoms. The Morgan fingerprint density at radius 2 is 1.95 bits per heavy atom. The summed E-state index contributed by atoms with van der Waals surface area (Å²) in [4.78, 5) is 4.81. The lowest BCUT2D eigenvalue weighted by Crippen LogP contribution is -2.33. The smallest absolute Gasteiger partial charge is 0.143 e. The molecule has 0 heterocycles. The number of aryl methyl sites for hydroxylation is 1. The summed E-state index contributed by atoms with van der Waals surface area (Å²) in [6, 6.07) is 6.19. The van der Waals surface area contributed by atoms with E-state index in [1.165, 1.54) is 25.7 Å². The Kier molecular flexibility index (Phi) is 5.23. The van der Waals surface area contributed by atoms with Gasteiger partial charge in [0.05, 0.1) is 6.04 Å². The summed E-state index contributed by atoms with van der Waals surface area (Å²) in [6.07, 6.45) is 7.53. The minimum Gasteiger partial charge on any atom is -0.308 e. The highest BCUT2D eigenvalue weighted by Gasteiger charge is 2.13. The third kappa shape index (κ3) is 3.95. The molecule has 1 saturated carbocycles. The van der Waals surface area contributed by atoms with Gasteiger partial charge in [-0.25, -0.2) is 5.84 Å². The highest BCUT2D eigenvalue weighted by Crippen LogP contribution is 2.21. The number of nitrogens with two attached hydrogens (primary N) is 1. The number of aliphatic imine (C=N–C) groups is 1. The zero-order valence-corrected chi connectivity index (χ0v) is 12.2. The first kappa shape index (κ1) is 14.4. The van der Waals surface area contributed by atoms with E-state index in [0.29, 0.717) is 6.04 Å². The second-order valence-corrected chi connectivity index (χ2v) is 5.66. The number of hydrazine groups is 1. The van der Waals surface area contributed by atoms with Gasteiger partial charge in [-0.15, -0.1) is 0 Å². The van der Waals surface area contributed by atoms with E-state index in [-0.39, 0.29) is 0 Å². The molecule has 1 aromatic carbocycles. The van der Waals surface area contributed by atoms with Gasteiger partial charge in [0, 0.05) is 10.6 Å². The number of nitrogens with zero attached hydrogens (tertiary/aromatic N) is 1. The maximum Gasteiger partial charge on any atom is 0.143 e. The molecule has 0 unspecified atom stereocenters. The van der Waals surface area contributed by atoms with Crippen molar-refractivity contribution in [1.29, 1.82) is 0 Å². The lowest BCUT2D eigenvalue weighted by Gasteiger charge is -2.14. The molecule has 0 aliphatic heterocycles. The summed E-state index contributed by atoms with van der Waals surface area (Å²) >= 11 is 5.99. The Morgan fingerprint density at radius 3 is 2.53 bits per heavy atom. The molecule has 0 aromatic heterocycles. The first-order chi connectivity index (χ1) is 9.20. The van der Waals surface area contributed by atoms with Gasteiger partial charge in [0.1, 0.15) is 5.84 Å². The van der Waals surface area contributed by atoms with Gasteiger partial charge in [0.25, 0.3) is 0 Å². The van der Waals surface area contributed by atoms with Gasteiger partial charge in [-0.2, -0.15) is 0 Å². The fourth-order valence-corrected chi connectivity index (χ4v) is 2.87. The second-order valence-electron chi connectivity index (χ2n) is 5.23. The number of amidine groups is 1. The third-order valence-electron chi connectivity index (χ3n) is 3.72. The standard InChI is InChI=1S/C15H22ClN3/c1-11-10-12(16)8-9-14(11)15(19-17)18-13-6-4-2-3-5-7-13/h8-10,13H,2-7,17H2,1H3,(H,18,19). The van der Waals surface area contributed by atoms with Crippen LogP contribution >= 0.6 is 11.6 Å². The molecule has 0 radical (unpaired) electrons. The van der Waals surface area contributed by atoms with E-state index in [0.717, 1.165) is 34.8 Å². The van der Waals surface area contributed by atoms with Crippen molar-refractivity contribution in [2.24, 2.45) is 10.8 Å². The largest absolute Gasteiger partial charge is 0.308 e. The van der Waals surface area contributed by atoms with Crippen LogP contribution < -0.4 is 11.3 Å². The van der Waals surface area contributed by atoms with E-state index < -0.39 is 0 Å². The van der Waals surface area contributed by atoms with E-state index in [4.69, 9.17) is 22.4 Å². The van der Waals surface area contributed by atoms with Gasteiger partial charge >= 0.3 is 0 Å². The van der Waals surface area contributed by atoms with Crippen molar-refractivity contribution in [3.63, 3.8) is 0 Å². The van der Waals surface area contributed by atoms with Crippen molar-refractivity contribution >= 4 is 17.4 Å². The zero-order valence-electron chi connectivity index (χ0n) is 11.5. The van der Waals surface area contributed by atoms with E-state index in [1.54, 1.807) is 0 Å². The lowest BCUT2D eigenvalue weighted by atomic mass is 10.1. The van der Waals surface area contributed by atoms with Crippen LogP contribution in [0.1, 0.15) is 49.7 Å². The molecular formula is C15H22ClN3. The molecular weight excluding hydrogens is 258 g/mol. The monoisotopic (exact) mass is 279 g/mol. The van der Waals surface area contributed by atoms with Crippen molar-refractivity contribution in [1.82, 2.24) is 5.43 Å². The third-order valence-corrected chi connectivity index (χ3v) is 3.95. The van der Waals surface area contributed by atoms with Crippen molar-refractivity contribution in [3.8, 4) is 0 Å². The van der Waals surface area contributed by atoms with Crippen LogP contribution in [0.4, 0.5) is 0 Å². The van der Waals surface area contributed by atoms with E-state index in [1.807, 2.05) is 25.1 Å². The van der Waals surface area contributed by atoms with Crippen LogP contribution in [0.5, 0.6) is 0 Å². The molecule has 1 aromatic rings. The predicted octanol–water partition coefficient (Wildman–Crippen LogP) is 3.58. The average Bonchev–Trinajstić information content (AvgIpc) is 2.65. The topological polar surface area (TPSA) is 50.4 Å². The maximum absolute atomic E-state index is 5.99. The molecule has 0 saturated heterocycles. The lowest BCUT2D eigenvalue weighted by molar-refractivity contribution is 0.583. The van der Waals surface area contributed by atoms with Gasteiger partial charge in [0.2, 0.25) is 0 Å². The molecule has 0 spiro atoms. The Labute approximate surface area is 120 Å². The predicted molar refractivity (Wildman–Crippen MR) is 81.5 cm³/mol. The first-order valence-corrected chi connectivity index (χ1v) is 7.39. The molecule has 1 fully saturated rings. The SMILES string of the molecule is Cc1cc(Cl)ccc1C(=NC1CCCCCC1)NN. The number of hydrogen-bond acceptors (Lipinski definition) is 2. The Hall–Kier alpha value is -1.06. The van der Waals surface area contributed by atoms with Crippen LogP contribution in [0.25, 0.3) is 0 Å². The van der Waals surface area contributed by atoms with E-state index in [9.17, 15) is 0 Å². The molecule has 1 aliphatic carbocycles. The minimum absolute atomic E-state index is 0.392. The van der Waals surface area contributed by atoms with Crippen LogP contribution in [0, 0.1) is 6.92 Å². The average molecular weight is 280 g/mol. The highest BCUT2D eigenvalue weighted by molar-refractivity contribution is 6.30. The molecule has 104 valence electrons. The van der Waals surface area contributed by atoms with Crippen LogP contribution in [0.3, 0.4) is 0 Å². The molecule has 3 nitrogen and oxygen atoms in total. The van der Waals surface area contributed by atoms with E-state index in [2.05, 4.69) is 5.43 Å². The second kappa shape index (κ2) is 6.92.